The molecule has 14 heavy (non-hydrogen) atoms. The van der Waals surface area contributed by atoms with Gasteiger partial charge in [0.25, 0.3) is 6.43 Å². The van der Waals surface area contributed by atoms with Gasteiger partial charge < -0.3 is 4.57 Å². The van der Waals surface area contributed by atoms with Gasteiger partial charge in [-0.1, -0.05) is 12.1 Å². The van der Waals surface area contributed by atoms with E-state index >= 15 is 0 Å². The quantitative estimate of drug-likeness (QED) is 0.721. The zero-order chi connectivity index (χ0) is 10.1. The largest absolute Gasteiger partial charge is 0.323 e. The molecule has 1 aromatic heterocycles. The summed E-state index contributed by atoms with van der Waals surface area (Å²) in [5.74, 6) is -0.145. The number of hydrogen-bond acceptors (Lipinski definition) is 1. The highest BCUT2D eigenvalue weighted by molar-refractivity contribution is 5.75. The highest BCUT2D eigenvalue weighted by Gasteiger charge is 2.16. The molecule has 1 aromatic carbocycles. The molecule has 2 aromatic rings. The van der Waals surface area contributed by atoms with Crippen molar-refractivity contribution in [3.63, 3.8) is 0 Å². The number of imidazole rings is 1. The smallest absolute Gasteiger partial charge is 0.295 e. The van der Waals surface area contributed by atoms with Crippen LogP contribution in [0.1, 0.15) is 19.2 Å². The number of aromatic nitrogens is 2. The van der Waals surface area contributed by atoms with Crippen LogP contribution in [0.4, 0.5) is 8.78 Å². The van der Waals surface area contributed by atoms with Crippen LogP contribution >= 0.6 is 0 Å². The number of para-hydroxylation sites is 2. The number of halogens is 2. The second-order valence-corrected chi connectivity index (χ2v) is 3.00. The maximum absolute atomic E-state index is 12.6. The van der Waals surface area contributed by atoms with Crippen molar-refractivity contribution in [3.05, 3.63) is 30.1 Å². The third-order valence-corrected chi connectivity index (χ3v) is 2.20. The molecule has 0 saturated heterocycles. The molecule has 1 heterocycles. The van der Waals surface area contributed by atoms with Crippen molar-refractivity contribution in [1.82, 2.24) is 9.55 Å². The average Bonchev–Trinajstić information content (AvgIpc) is 2.56. The summed E-state index contributed by atoms with van der Waals surface area (Å²) < 4.78 is 26.7. The number of rotatable bonds is 2. The molecule has 2 rings (SSSR count). The fourth-order valence-electron chi connectivity index (χ4n) is 1.59. The minimum atomic E-state index is -2.51. The molecule has 0 aliphatic rings. The van der Waals surface area contributed by atoms with Crippen molar-refractivity contribution in [2.24, 2.45) is 0 Å². The van der Waals surface area contributed by atoms with Crippen molar-refractivity contribution in [3.8, 4) is 0 Å². The van der Waals surface area contributed by atoms with Crippen molar-refractivity contribution >= 4 is 11.0 Å². The van der Waals surface area contributed by atoms with Crippen molar-refractivity contribution in [1.29, 1.82) is 0 Å². The highest BCUT2D eigenvalue weighted by atomic mass is 19.3. The molecule has 74 valence electrons. The van der Waals surface area contributed by atoms with E-state index in [2.05, 4.69) is 4.98 Å². The minimum absolute atomic E-state index is 0.145. The summed E-state index contributed by atoms with van der Waals surface area (Å²) in [5.41, 5.74) is 1.40. The molecule has 0 fully saturated rings. The summed E-state index contributed by atoms with van der Waals surface area (Å²) in [6.45, 7) is 2.35. The van der Waals surface area contributed by atoms with E-state index in [1.807, 2.05) is 13.0 Å². The lowest BCUT2D eigenvalue weighted by Gasteiger charge is -2.03. The number of hydrogen-bond donors (Lipinski definition) is 0. The van der Waals surface area contributed by atoms with Crippen LogP contribution in [0.5, 0.6) is 0 Å². The molecule has 0 spiro atoms. The third-order valence-electron chi connectivity index (χ3n) is 2.20. The first-order valence-electron chi connectivity index (χ1n) is 4.47. The van der Waals surface area contributed by atoms with Gasteiger partial charge in [-0.25, -0.2) is 13.8 Å². The van der Waals surface area contributed by atoms with Gasteiger partial charge in [-0.2, -0.15) is 0 Å². The first-order valence-corrected chi connectivity index (χ1v) is 4.47. The molecule has 0 atom stereocenters. The van der Waals surface area contributed by atoms with E-state index in [4.69, 9.17) is 0 Å². The van der Waals surface area contributed by atoms with Crippen LogP contribution in [0.25, 0.3) is 11.0 Å². The summed E-state index contributed by atoms with van der Waals surface area (Å²) >= 11 is 0. The van der Waals surface area contributed by atoms with E-state index in [0.29, 0.717) is 12.1 Å². The maximum Gasteiger partial charge on any atom is 0.295 e. The zero-order valence-corrected chi connectivity index (χ0v) is 7.74. The first kappa shape index (κ1) is 9.12. The predicted molar refractivity (Wildman–Crippen MR) is 50.4 cm³/mol. The summed E-state index contributed by atoms with van der Waals surface area (Å²) in [4.78, 5) is 3.90. The van der Waals surface area contributed by atoms with Gasteiger partial charge in [0.1, 0.15) is 0 Å². The van der Waals surface area contributed by atoms with Gasteiger partial charge in [0.05, 0.1) is 11.0 Å². The molecule has 0 unspecified atom stereocenters. The van der Waals surface area contributed by atoms with E-state index in [9.17, 15) is 8.78 Å². The van der Waals surface area contributed by atoms with E-state index < -0.39 is 6.43 Å². The predicted octanol–water partition coefficient (Wildman–Crippen LogP) is 2.99. The summed E-state index contributed by atoms with van der Waals surface area (Å²) in [6, 6.07) is 7.17. The van der Waals surface area contributed by atoms with E-state index in [0.717, 1.165) is 5.52 Å². The van der Waals surface area contributed by atoms with Crippen LogP contribution < -0.4 is 0 Å². The van der Waals surface area contributed by atoms with Crippen LogP contribution in [0.2, 0.25) is 0 Å². The van der Waals surface area contributed by atoms with Gasteiger partial charge in [-0.05, 0) is 19.1 Å². The molecule has 0 aliphatic heterocycles. The molecular formula is C10H10F2N2. The molecule has 4 heteroatoms. The van der Waals surface area contributed by atoms with Crippen LogP contribution in [0.3, 0.4) is 0 Å². The molecule has 0 amide bonds. The lowest BCUT2D eigenvalue weighted by molar-refractivity contribution is 0.136. The number of nitrogens with zero attached hydrogens (tertiary/aromatic N) is 2. The number of alkyl halides is 2. The Balaban J connectivity index is 2.72. The molecule has 0 aliphatic carbocycles. The Kier molecular flexibility index (Phi) is 2.19. The fraction of sp³-hybridized carbons (Fsp3) is 0.300. The Morgan fingerprint density at radius 3 is 2.71 bits per heavy atom. The van der Waals surface area contributed by atoms with Crippen molar-refractivity contribution in [2.75, 3.05) is 0 Å². The first-order chi connectivity index (χ1) is 6.74. The third kappa shape index (κ3) is 1.27. The number of fused-ring (bicyclic) bond motifs is 1. The van der Waals surface area contributed by atoms with Gasteiger partial charge in [0.2, 0.25) is 0 Å². The second kappa shape index (κ2) is 3.36. The van der Waals surface area contributed by atoms with Crippen LogP contribution in [-0.2, 0) is 6.54 Å². The van der Waals surface area contributed by atoms with Gasteiger partial charge in [0.15, 0.2) is 5.82 Å². The SMILES string of the molecule is CCn1c(C(F)F)nc2ccccc21. The second-order valence-electron chi connectivity index (χ2n) is 3.00. The monoisotopic (exact) mass is 196 g/mol. The van der Waals surface area contributed by atoms with E-state index in [1.165, 1.54) is 0 Å². The molecule has 0 saturated carbocycles. The number of aryl methyl sites for hydroxylation is 1. The summed E-state index contributed by atoms with van der Waals surface area (Å²) in [6.07, 6.45) is -2.51. The summed E-state index contributed by atoms with van der Waals surface area (Å²) in [7, 11) is 0. The molecule has 0 bridgehead atoms. The number of benzene rings is 1. The normalized spacial score (nSPS) is 11.4. The van der Waals surface area contributed by atoms with Crippen LogP contribution in [0, 0.1) is 0 Å². The van der Waals surface area contributed by atoms with E-state index in [1.54, 1.807) is 22.8 Å². The lowest BCUT2D eigenvalue weighted by Crippen LogP contribution is -2.01. The van der Waals surface area contributed by atoms with Crippen molar-refractivity contribution < 1.29 is 8.78 Å². The summed E-state index contributed by atoms with van der Waals surface area (Å²) in [5, 5.41) is 0. The Hall–Kier alpha value is -1.45. The van der Waals surface area contributed by atoms with Gasteiger partial charge in [-0.15, -0.1) is 0 Å². The Morgan fingerprint density at radius 1 is 1.36 bits per heavy atom. The Bertz CT molecular complexity index is 448. The molecule has 0 radical (unpaired) electrons. The molecule has 2 nitrogen and oxygen atoms in total. The van der Waals surface area contributed by atoms with Gasteiger partial charge >= 0.3 is 0 Å². The fourth-order valence-corrected chi connectivity index (χ4v) is 1.59. The Morgan fingerprint density at radius 2 is 2.07 bits per heavy atom. The van der Waals surface area contributed by atoms with Gasteiger partial charge in [-0.3, -0.25) is 0 Å². The maximum atomic E-state index is 12.6. The lowest BCUT2D eigenvalue weighted by atomic mass is 10.3. The molecule has 0 N–H and O–H groups in total. The van der Waals surface area contributed by atoms with Crippen LogP contribution in [0.15, 0.2) is 24.3 Å². The standard InChI is InChI=1S/C10H10F2N2/c1-2-14-8-6-4-3-5-7(8)13-10(14)9(11)12/h3-6,9H,2H2,1H3. The topological polar surface area (TPSA) is 17.8 Å². The minimum Gasteiger partial charge on any atom is -0.323 e. The van der Waals surface area contributed by atoms with Crippen LogP contribution in [-0.4, -0.2) is 9.55 Å². The zero-order valence-electron chi connectivity index (χ0n) is 7.74. The average molecular weight is 196 g/mol. The Labute approximate surface area is 80.2 Å². The highest BCUT2D eigenvalue weighted by Crippen LogP contribution is 2.23. The molecular weight excluding hydrogens is 186 g/mol. The van der Waals surface area contributed by atoms with Gasteiger partial charge in [0, 0.05) is 6.54 Å². The van der Waals surface area contributed by atoms with Crippen molar-refractivity contribution in [2.45, 2.75) is 19.9 Å². The van der Waals surface area contributed by atoms with E-state index in [-0.39, 0.29) is 5.82 Å².